The fraction of sp³-hybridized carbons (Fsp3) is 0.350. The summed E-state index contributed by atoms with van der Waals surface area (Å²) in [4.78, 5) is 14.9. The molecule has 0 amide bonds. The van der Waals surface area contributed by atoms with Crippen LogP contribution in [0.25, 0.3) is 22.1 Å². The van der Waals surface area contributed by atoms with Crippen LogP contribution in [0.4, 0.5) is 0 Å². The lowest BCUT2D eigenvalue weighted by molar-refractivity contribution is 0.203. The molecule has 0 aliphatic carbocycles. The van der Waals surface area contributed by atoms with E-state index in [4.69, 9.17) is 5.10 Å². The Morgan fingerprint density at radius 1 is 1.12 bits per heavy atom. The quantitative estimate of drug-likeness (QED) is 0.619. The summed E-state index contributed by atoms with van der Waals surface area (Å²) in [5.41, 5.74) is 5.72. The molecule has 0 radical (unpaired) electrons. The minimum atomic E-state index is 0.581. The van der Waals surface area contributed by atoms with Gasteiger partial charge in [-0.05, 0) is 61.7 Å². The van der Waals surface area contributed by atoms with Gasteiger partial charge >= 0.3 is 0 Å². The Bertz CT molecular complexity index is 1050. The molecule has 4 aromatic rings. The predicted molar refractivity (Wildman–Crippen MR) is 102 cm³/mol. The molecule has 0 atom stereocenters. The molecule has 6 nitrogen and oxygen atoms in total. The van der Waals surface area contributed by atoms with Crippen LogP contribution in [0.3, 0.4) is 0 Å². The van der Waals surface area contributed by atoms with Crippen LogP contribution in [-0.4, -0.2) is 42.7 Å². The largest absolute Gasteiger partial charge is 0.360 e. The first-order chi connectivity index (χ1) is 12.8. The molecular formula is C20H22N6. The van der Waals surface area contributed by atoms with Gasteiger partial charge in [-0.15, -0.1) is 0 Å². The lowest BCUT2D eigenvalue weighted by atomic mass is 9.90. The van der Waals surface area contributed by atoms with Crippen LogP contribution in [0, 0.1) is 0 Å². The van der Waals surface area contributed by atoms with E-state index in [2.05, 4.69) is 38.2 Å². The van der Waals surface area contributed by atoms with Crippen molar-refractivity contribution in [1.82, 2.24) is 29.6 Å². The average Bonchev–Trinajstić information content (AvgIpc) is 3.25. The van der Waals surface area contributed by atoms with Crippen LogP contribution in [0.1, 0.15) is 30.0 Å². The van der Waals surface area contributed by atoms with Crippen LogP contribution < -0.4 is 0 Å². The maximum absolute atomic E-state index is 4.69. The van der Waals surface area contributed by atoms with Gasteiger partial charge in [0.15, 0.2) is 5.65 Å². The van der Waals surface area contributed by atoms with Gasteiger partial charge in [-0.2, -0.15) is 5.10 Å². The number of rotatable bonds is 3. The fourth-order valence-electron chi connectivity index (χ4n) is 4.18. The minimum Gasteiger partial charge on any atom is -0.360 e. The minimum absolute atomic E-state index is 0.581. The van der Waals surface area contributed by atoms with Gasteiger partial charge in [0, 0.05) is 37.6 Å². The zero-order chi connectivity index (χ0) is 17.5. The van der Waals surface area contributed by atoms with E-state index in [1.165, 1.54) is 5.56 Å². The number of piperidine rings is 1. The highest BCUT2D eigenvalue weighted by Gasteiger charge is 2.24. The topological polar surface area (TPSA) is 62.6 Å². The van der Waals surface area contributed by atoms with Crippen molar-refractivity contribution in [3.05, 3.63) is 54.1 Å². The van der Waals surface area contributed by atoms with Crippen molar-refractivity contribution in [3.8, 4) is 0 Å². The molecule has 6 heteroatoms. The smallest absolute Gasteiger partial charge is 0.157 e. The monoisotopic (exact) mass is 346 g/mol. The van der Waals surface area contributed by atoms with Gasteiger partial charge < -0.3 is 4.98 Å². The van der Waals surface area contributed by atoms with E-state index in [9.17, 15) is 0 Å². The van der Waals surface area contributed by atoms with E-state index in [-0.39, 0.29) is 0 Å². The van der Waals surface area contributed by atoms with Gasteiger partial charge in [0.25, 0.3) is 0 Å². The van der Waals surface area contributed by atoms with E-state index < -0.39 is 0 Å². The number of pyridine rings is 2. The molecule has 0 unspecified atom stereocenters. The Hall–Kier alpha value is -2.73. The SMILES string of the molecule is Cn1nc(CN2CCC(c3c[nH]c4cccnc34)CC2)c2cccnc21. The Morgan fingerprint density at radius 2 is 1.92 bits per heavy atom. The summed E-state index contributed by atoms with van der Waals surface area (Å²) < 4.78 is 1.88. The summed E-state index contributed by atoms with van der Waals surface area (Å²) in [6.45, 7) is 3.06. The average molecular weight is 346 g/mol. The fourth-order valence-corrected chi connectivity index (χ4v) is 4.18. The summed E-state index contributed by atoms with van der Waals surface area (Å²) in [5, 5.41) is 5.86. The molecule has 4 aromatic heterocycles. The number of likely N-dealkylation sites (tertiary alicyclic amines) is 1. The molecule has 1 aliphatic heterocycles. The van der Waals surface area contributed by atoms with E-state index in [1.807, 2.05) is 36.3 Å². The number of nitrogens with one attached hydrogen (secondary N) is 1. The van der Waals surface area contributed by atoms with Crippen molar-refractivity contribution in [2.45, 2.75) is 25.3 Å². The third-order valence-electron chi connectivity index (χ3n) is 5.54. The normalized spacial score (nSPS) is 16.7. The van der Waals surface area contributed by atoms with Crippen molar-refractivity contribution in [2.75, 3.05) is 13.1 Å². The number of aryl methyl sites for hydroxylation is 1. The van der Waals surface area contributed by atoms with Crippen LogP contribution in [0.15, 0.2) is 42.9 Å². The van der Waals surface area contributed by atoms with E-state index >= 15 is 0 Å². The summed E-state index contributed by atoms with van der Waals surface area (Å²) >= 11 is 0. The molecule has 0 bridgehead atoms. The molecule has 1 fully saturated rings. The molecule has 132 valence electrons. The van der Waals surface area contributed by atoms with Crippen molar-refractivity contribution < 1.29 is 0 Å². The third kappa shape index (κ3) is 2.57. The summed E-state index contributed by atoms with van der Waals surface area (Å²) in [7, 11) is 1.97. The lowest BCUT2D eigenvalue weighted by Gasteiger charge is -2.31. The van der Waals surface area contributed by atoms with E-state index in [1.54, 1.807) is 0 Å². The van der Waals surface area contributed by atoms with Gasteiger partial charge in [-0.3, -0.25) is 14.6 Å². The van der Waals surface area contributed by atoms with Gasteiger partial charge in [0.1, 0.15) is 0 Å². The van der Waals surface area contributed by atoms with Gasteiger partial charge in [-0.25, -0.2) is 4.98 Å². The molecule has 1 N–H and O–H groups in total. The van der Waals surface area contributed by atoms with Crippen LogP contribution in [0.2, 0.25) is 0 Å². The van der Waals surface area contributed by atoms with Gasteiger partial charge in [0.2, 0.25) is 0 Å². The number of hydrogen-bond donors (Lipinski definition) is 1. The van der Waals surface area contributed by atoms with Gasteiger partial charge in [0.05, 0.1) is 16.7 Å². The molecule has 1 saturated heterocycles. The molecular weight excluding hydrogens is 324 g/mol. The summed E-state index contributed by atoms with van der Waals surface area (Å²) in [6, 6.07) is 8.19. The van der Waals surface area contributed by atoms with E-state index in [0.717, 1.165) is 60.2 Å². The van der Waals surface area contributed by atoms with E-state index in [0.29, 0.717) is 5.92 Å². The number of hydrogen-bond acceptors (Lipinski definition) is 4. The lowest BCUT2D eigenvalue weighted by Crippen LogP contribution is -2.32. The second-order valence-corrected chi connectivity index (χ2v) is 7.14. The zero-order valence-electron chi connectivity index (χ0n) is 14.9. The van der Waals surface area contributed by atoms with Crippen LogP contribution >= 0.6 is 0 Å². The molecule has 1 aliphatic rings. The summed E-state index contributed by atoms with van der Waals surface area (Å²) in [6.07, 6.45) is 8.18. The Balaban J connectivity index is 1.31. The van der Waals surface area contributed by atoms with Crippen molar-refractivity contribution in [1.29, 1.82) is 0 Å². The Kier molecular flexibility index (Phi) is 3.71. The number of nitrogens with zero attached hydrogens (tertiary/aromatic N) is 5. The predicted octanol–water partition coefficient (Wildman–Crippen LogP) is 3.22. The standard InChI is InChI=1S/C20H22N6/c1-25-20-15(4-2-9-22-20)18(24-25)13-26-10-6-14(7-11-26)16-12-23-17-5-3-8-21-19(16)17/h2-5,8-9,12,14,23H,6-7,10-11,13H2,1H3. The van der Waals surface area contributed by atoms with Crippen molar-refractivity contribution >= 4 is 22.1 Å². The van der Waals surface area contributed by atoms with Crippen molar-refractivity contribution in [2.24, 2.45) is 7.05 Å². The number of fused-ring (bicyclic) bond motifs is 2. The second-order valence-electron chi connectivity index (χ2n) is 7.14. The molecule has 5 heterocycles. The molecule has 0 aromatic carbocycles. The highest BCUT2D eigenvalue weighted by atomic mass is 15.3. The third-order valence-corrected chi connectivity index (χ3v) is 5.54. The molecule has 0 saturated carbocycles. The first kappa shape index (κ1) is 15.5. The highest BCUT2D eigenvalue weighted by Crippen LogP contribution is 2.32. The Morgan fingerprint density at radius 3 is 2.81 bits per heavy atom. The molecule has 26 heavy (non-hydrogen) atoms. The maximum Gasteiger partial charge on any atom is 0.157 e. The Labute approximate surface area is 151 Å². The van der Waals surface area contributed by atoms with Crippen LogP contribution in [0.5, 0.6) is 0 Å². The molecule has 5 rings (SSSR count). The molecule has 0 spiro atoms. The highest BCUT2D eigenvalue weighted by molar-refractivity contribution is 5.79. The maximum atomic E-state index is 4.69. The number of aromatic amines is 1. The van der Waals surface area contributed by atoms with Crippen molar-refractivity contribution in [3.63, 3.8) is 0 Å². The number of H-pyrrole nitrogens is 1. The first-order valence-electron chi connectivity index (χ1n) is 9.20. The summed E-state index contributed by atoms with van der Waals surface area (Å²) in [5.74, 6) is 0.581. The second kappa shape index (κ2) is 6.21. The first-order valence-corrected chi connectivity index (χ1v) is 9.20. The van der Waals surface area contributed by atoms with Crippen LogP contribution in [-0.2, 0) is 13.6 Å². The number of aromatic nitrogens is 5. The van der Waals surface area contributed by atoms with Gasteiger partial charge in [-0.1, -0.05) is 0 Å². The zero-order valence-corrected chi connectivity index (χ0v) is 14.9.